The molecular formula is C16H24Cl2N4O2. The van der Waals surface area contributed by atoms with Crippen LogP contribution in [0.5, 0.6) is 0 Å². The number of hydrogen-bond acceptors (Lipinski definition) is 4. The molecule has 1 amide bonds. The van der Waals surface area contributed by atoms with Crippen LogP contribution >= 0.6 is 24.8 Å². The summed E-state index contributed by atoms with van der Waals surface area (Å²) in [5.74, 6) is 0.00655. The summed E-state index contributed by atoms with van der Waals surface area (Å²) in [5.41, 5.74) is 8.22. The van der Waals surface area contributed by atoms with E-state index in [1.54, 1.807) is 0 Å². The third-order valence-corrected chi connectivity index (χ3v) is 4.50. The lowest BCUT2D eigenvalue weighted by Gasteiger charge is -2.34. The predicted octanol–water partition coefficient (Wildman–Crippen LogP) is 1.86. The van der Waals surface area contributed by atoms with Crippen LogP contribution in [0.2, 0.25) is 0 Å². The van der Waals surface area contributed by atoms with Crippen LogP contribution in [0.1, 0.15) is 24.2 Å². The van der Waals surface area contributed by atoms with E-state index in [2.05, 4.69) is 10.3 Å². The van der Waals surface area contributed by atoms with Gasteiger partial charge in [0.1, 0.15) is 5.65 Å². The van der Waals surface area contributed by atoms with Crippen molar-refractivity contribution in [1.82, 2.24) is 14.7 Å². The van der Waals surface area contributed by atoms with Gasteiger partial charge in [-0.25, -0.2) is 4.98 Å². The van der Waals surface area contributed by atoms with Gasteiger partial charge in [-0.3, -0.25) is 4.79 Å². The van der Waals surface area contributed by atoms with Gasteiger partial charge in [0.2, 0.25) is 5.91 Å². The number of nitrogens with zero attached hydrogens (tertiary/aromatic N) is 2. The van der Waals surface area contributed by atoms with Crippen molar-refractivity contribution in [2.24, 2.45) is 11.1 Å². The lowest BCUT2D eigenvalue weighted by atomic mass is 9.79. The van der Waals surface area contributed by atoms with Gasteiger partial charge in [-0.05, 0) is 31.9 Å². The van der Waals surface area contributed by atoms with Crippen molar-refractivity contribution in [1.29, 1.82) is 0 Å². The number of halogens is 2. The maximum Gasteiger partial charge on any atom is 0.227 e. The maximum atomic E-state index is 12.5. The van der Waals surface area contributed by atoms with E-state index in [1.807, 2.05) is 35.7 Å². The molecule has 0 unspecified atom stereocenters. The van der Waals surface area contributed by atoms with Crippen LogP contribution in [0.15, 0.2) is 24.4 Å². The molecule has 0 aliphatic carbocycles. The Bertz CT molecular complexity index is 684. The fraction of sp³-hybridized carbons (Fsp3) is 0.500. The Morgan fingerprint density at radius 1 is 1.38 bits per heavy atom. The van der Waals surface area contributed by atoms with E-state index in [-0.39, 0.29) is 30.7 Å². The van der Waals surface area contributed by atoms with E-state index in [0.29, 0.717) is 39.1 Å². The minimum atomic E-state index is -0.493. The number of nitrogens with one attached hydrogen (secondary N) is 1. The van der Waals surface area contributed by atoms with Crippen molar-refractivity contribution in [3.05, 3.63) is 35.8 Å². The Labute approximate surface area is 154 Å². The molecule has 0 bridgehead atoms. The van der Waals surface area contributed by atoms with E-state index in [0.717, 1.165) is 17.0 Å². The van der Waals surface area contributed by atoms with Crippen LogP contribution < -0.4 is 11.1 Å². The molecule has 1 aliphatic rings. The SMILES string of the molecule is Cc1cccc2nc(CNC(=O)C3(CN)CCOCC3)cn12.Cl.Cl. The maximum absolute atomic E-state index is 12.5. The van der Waals surface area contributed by atoms with E-state index in [9.17, 15) is 4.79 Å². The Morgan fingerprint density at radius 3 is 2.71 bits per heavy atom. The van der Waals surface area contributed by atoms with Crippen molar-refractivity contribution in [2.75, 3.05) is 19.8 Å². The lowest BCUT2D eigenvalue weighted by molar-refractivity contribution is -0.136. The highest BCUT2D eigenvalue weighted by atomic mass is 35.5. The zero-order chi connectivity index (χ0) is 15.6. The Morgan fingerprint density at radius 2 is 2.08 bits per heavy atom. The summed E-state index contributed by atoms with van der Waals surface area (Å²) in [6, 6.07) is 5.96. The number of hydrogen-bond donors (Lipinski definition) is 2. The number of aryl methyl sites for hydroxylation is 1. The van der Waals surface area contributed by atoms with Crippen molar-refractivity contribution in [3.8, 4) is 0 Å². The highest BCUT2D eigenvalue weighted by Gasteiger charge is 2.38. The van der Waals surface area contributed by atoms with Crippen LogP contribution in [0.3, 0.4) is 0 Å². The van der Waals surface area contributed by atoms with Crippen molar-refractivity contribution in [3.63, 3.8) is 0 Å². The molecule has 134 valence electrons. The first-order valence-electron chi connectivity index (χ1n) is 7.64. The van der Waals surface area contributed by atoms with Gasteiger partial charge in [0.05, 0.1) is 17.7 Å². The number of carbonyl (C=O) groups excluding carboxylic acids is 1. The molecule has 0 aromatic carbocycles. The second kappa shape index (κ2) is 8.67. The highest BCUT2D eigenvalue weighted by Crippen LogP contribution is 2.29. The zero-order valence-electron chi connectivity index (χ0n) is 13.7. The van der Waals surface area contributed by atoms with E-state index < -0.39 is 5.41 Å². The summed E-state index contributed by atoms with van der Waals surface area (Å²) in [6.45, 7) is 3.99. The molecule has 3 rings (SSSR count). The summed E-state index contributed by atoms with van der Waals surface area (Å²) < 4.78 is 7.36. The van der Waals surface area contributed by atoms with Gasteiger partial charge in [-0.15, -0.1) is 24.8 Å². The van der Waals surface area contributed by atoms with Gasteiger partial charge in [0, 0.05) is 31.6 Å². The molecule has 0 atom stereocenters. The summed E-state index contributed by atoms with van der Waals surface area (Å²) in [5, 5.41) is 2.99. The zero-order valence-corrected chi connectivity index (χ0v) is 15.3. The minimum absolute atomic E-state index is 0. The van der Waals surface area contributed by atoms with Crippen LogP contribution in [-0.4, -0.2) is 35.1 Å². The van der Waals surface area contributed by atoms with Crippen molar-refractivity contribution < 1.29 is 9.53 Å². The number of imidazole rings is 1. The largest absolute Gasteiger partial charge is 0.381 e. The van der Waals surface area contributed by atoms with Gasteiger partial charge >= 0.3 is 0 Å². The van der Waals surface area contributed by atoms with E-state index >= 15 is 0 Å². The van der Waals surface area contributed by atoms with Gasteiger partial charge in [-0.1, -0.05) is 6.07 Å². The van der Waals surface area contributed by atoms with Crippen LogP contribution in [0, 0.1) is 12.3 Å². The lowest BCUT2D eigenvalue weighted by Crippen LogP contribution is -2.49. The molecule has 3 N–H and O–H groups in total. The molecule has 0 radical (unpaired) electrons. The monoisotopic (exact) mass is 374 g/mol. The summed E-state index contributed by atoms with van der Waals surface area (Å²) in [4.78, 5) is 17.1. The molecule has 1 fully saturated rings. The molecule has 0 spiro atoms. The smallest absolute Gasteiger partial charge is 0.227 e. The molecule has 8 heteroatoms. The number of nitrogens with two attached hydrogens (primary N) is 1. The molecular weight excluding hydrogens is 351 g/mol. The van der Waals surface area contributed by atoms with Crippen molar-refractivity contribution >= 4 is 36.4 Å². The second-order valence-electron chi connectivity index (χ2n) is 5.91. The van der Waals surface area contributed by atoms with Crippen LogP contribution in [-0.2, 0) is 16.1 Å². The summed E-state index contributed by atoms with van der Waals surface area (Å²) in [6.07, 6.45) is 3.32. The number of rotatable bonds is 4. The van der Waals surface area contributed by atoms with E-state index in [1.165, 1.54) is 0 Å². The van der Waals surface area contributed by atoms with Gasteiger partial charge in [-0.2, -0.15) is 0 Å². The molecule has 3 heterocycles. The number of ether oxygens (including phenoxy) is 1. The number of amides is 1. The van der Waals surface area contributed by atoms with Crippen molar-refractivity contribution in [2.45, 2.75) is 26.3 Å². The third-order valence-electron chi connectivity index (χ3n) is 4.50. The van der Waals surface area contributed by atoms with E-state index in [4.69, 9.17) is 10.5 Å². The molecule has 2 aromatic rings. The Balaban J connectivity index is 0.00000144. The Hall–Kier alpha value is -1.34. The normalized spacial score (nSPS) is 16.1. The fourth-order valence-electron chi connectivity index (χ4n) is 2.93. The fourth-order valence-corrected chi connectivity index (χ4v) is 2.93. The average Bonchev–Trinajstić information content (AvgIpc) is 2.98. The first-order valence-corrected chi connectivity index (χ1v) is 7.64. The molecule has 0 saturated carbocycles. The molecule has 24 heavy (non-hydrogen) atoms. The van der Waals surface area contributed by atoms with Gasteiger partial charge < -0.3 is 20.2 Å². The topological polar surface area (TPSA) is 81.7 Å². The second-order valence-corrected chi connectivity index (χ2v) is 5.91. The molecule has 1 saturated heterocycles. The summed E-state index contributed by atoms with van der Waals surface area (Å²) >= 11 is 0. The molecule has 2 aromatic heterocycles. The molecule has 6 nitrogen and oxygen atoms in total. The predicted molar refractivity (Wildman–Crippen MR) is 97.8 cm³/mol. The first-order chi connectivity index (χ1) is 10.6. The number of carbonyl (C=O) groups is 1. The molecule has 1 aliphatic heterocycles. The van der Waals surface area contributed by atoms with Gasteiger partial charge in [0.15, 0.2) is 0 Å². The average molecular weight is 375 g/mol. The number of pyridine rings is 1. The van der Waals surface area contributed by atoms with Crippen LogP contribution in [0.25, 0.3) is 5.65 Å². The summed E-state index contributed by atoms with van der Waals surface area (Å²) in [7, 11) is 0. The quantitative estimate of drug-likeness (QED) is 0.855. The first kappa shape index (κ1) is 20.7. The standard InChI is InChI=1S/C16H22N4O2.2ClH/c1-12-3-2-4-14-19-13(10-20(12)14)9-18-15(21)16(11-17)5-7-22-8-6-16;;/h2-4,10H,5-9,11,17H2,1H3,(H,18,21);2*1H. The minimum Gasteiger partial charge on any atom is -0.381 e. The van der Waals surface area contributed by atoms with Crippen LogP contribution in [0.4, 0.5) is 0 Å². The number of aromatic nitrogens is 2. The Kier molecular flexibility index (Phi) is 7.48. The number of fused-ring (bicyclic) bond motifs is 1. The third kappa shape index (κ3) is 4.00. The highest BCUT2D eigenvalue weighted by molar-refractivity contribution is 5.85. The van der Waals surface area contributed by atoms with Gasteiger partial charge in [0.25, 0.3) is 0 Å².